The van der Waals surface area contributed by atoms with Crippen LogP contribution in [0.15, 0.2) is 60.8 Å². The van der Waals surface area contributed by atoms with Crippen molar-refractivity contribution in [2.75, 3.05) is 0 Å². The molecule has 0 bridgehead atoms. The number of hydrogen-bond acceptors (Lipinski definition) is 1. The number of benzene rings is 1. The summed E-state index contributed by atoms with van der Waals surface area (Å²) in [5.74, 6) is 6.22. The van der Waals surface area contributed by atoms with Crippen molar-refractivity contribution in [3.63, 3.8) is 0 Å². The van der Waals surface area contributed by atoms with Gasteiger partial charge in [0, 0.05) is 17.1 Å². The molecular formula is C19H19NO. The van der Waals surface area contributed by atoms with Crippen LogP contribution in [0.4, 0.5) is 0 Å². The standard InChI is InChI=1S/C19H19NO/c1-5-15-11-12-16-9-7-8-10-17(16)13-20(18(15)6-2)19(21)14(3)4/h5-10,14H,1-2,13H2,3-4H3/b18-15-. The third kappa shape index (κ3) is 2.98. The zero-order chi connectivity index (χ0) is 15.4. The van der Waals surface area contributed by atoms with Crippen LogP contribution in [-0.2, 0) is 11.3 Å². The smallest absolute Gasteiger partial charge is 0.229 e. The van der Waals surface area contributed by atoms with Gasteiger partial charge in [0.1, 0.15) is 0 Å². The maximum atomic E-state index is 12.6. The molecule has 0 fully saturated rings. The highest BCUT2D eigenvalue weighted by molar-refractivity contribution is 5.81. The second-order valence-electron chi connectivity index (χ2n) is 5.19. The fourth-order valence-electron chi connectivity index (χ4n) is 2.26. The Kier molecular flexibility index (Phi) is 4.45. The third-order valence-corrected chi connectivity index (χ3v) is 3.40. The van der Waals surface area contributed by atoms with Crippen molar-refractivity contribution in [2.24, 2.45) is 5.92 Å². The molecule has 0 aliphatic carbocycles. The molecule has 1 aromatic rings. The van der Waals surface area contributed by atoms with Crippen LogP contribution in [-0.4, -0.2) is 10.8 Å². The summed E-state index contributed by atoms with van der Waals surface area (Å²) in [7, 11) is 0. The van der Waals surface area contributed by atoms with Crippen LogP contribution in [0.2, 0.25) is 0 Å². The van der Waals surface area contributed by atoms with E-state index in [0.29, 0.717) is 6.54 Å². The lowest BCUT2D eigenvalue weighted by Crippen LogP contribution is -2.33. The topological polar surface area (TPSA) is 20.3 Å². The third-order valence-electron chi connectivity index (χ3n) is 3.40. The molecule has 2 rings (SSSR count). The van der Waals surface area contributed by atoms with Gasteiger partial charge in [0.2, 0.25) is 5.91 Å². The maximum absolute atomic E-state index is 12.6. The van der Waals surface area contributed by atoms with E-state index in [1.165, 1.54) is 0 Å². The molecule has 0 saturated heterocycles. The minimum Gasteiger partial charge on any atom is -0.306 e. The Labute approximate surface area is 126 Å². The Morgan fingerprint density at radius 1 is 1.24 bits per heavy atom. The van der Waals surface area contributed by atoms with Crippen LogP contribution >= 0.6 is 0 Å². The van der Waals surface area contributed by atoms with Crippen molar-refractivity contribution in [3.8, 4) is 11.8 Å². The van der Waals surface area contributed by atoms with Crippen LogP contribution < -0.4 is 0 Å². The molecule has 1 aromatic carbocycles. The predicted octanol–water partition coefficient (Wildman–Crippen LogP) is 3.66. The average Bonchev–Trinajstić information content (AvgIpc) is 2.47. The van der Waals surface area contributed by atoms with E-state index in [4.69, 9.17) is 0 Å². The quantitative estimate of drug-likeness (QED) is 0.772. The number of rotatable bonds is 3. The number of hydrogen-bond donors (Lipinski definition) is 0. The molecule has 1 aliphatic heterocycles. The Morgan fingerprint density at radius 3 is 2.57 bits per heavy atom. The van der Waals surface area contributed by atoms with E-state index >= 15 is 0 Å². The summed E-state index contributed by atoms with van der Waals surface area (Å²) < 4.78 is 0. The Hall–Kier alpha value is -2.53. The summed E-state index contributed by atoms with van der Waals surface area (Å²) in [5, 5.41) is 0. The Morgan fingerprint density at radius 2 is 1.95 bits per heavy atom. The van der Waals surface area contributed by atoms with Crippen LogP contribution in [0.1, 0.15) is 25.0 Å². The highest BCUT2D eigenvalue weighted by atomic mass is 16.2. The zero-order valence-electron chi connectivity index (χ0n) is 12.5. The number of carbonyl (C=O) groups excluding carboxylic acids is 1. The van der Waals surface area contributed by atoms with Crippen molar-refractivity contribution in [3.05, 3.63) is 72.0 Å². The van der Waals surface area contributed by atoms with Gasteiger partial charge < -0.3 is 4.90 Å². The summed E-state index contributed by atoms with van der Waals surface area (Å²) in [6, 6.07) is 7.89. The molecule has 1 heterocycles. The van der Waals surface area contributed by atoms with Gasteiger partial charge in [0.25, 0.3) is 0 Å². The molecule has 0 N–H and O–H groups in total. The van der Waals surface area contributed by atoms with E-state index in [2.05, 4.69) is 25.0 Å². The first-order valence-corrected chi connectivity index (χ1v) is 6.99. The lowest BCUT2D eigenvalue weighted by atomic mass is 10.0. The van der Waals surface area contributed by atoms with Crippen LogP contribution in [0.3, 0.4) is 0 Å². The summed E-state index contributed by atoms with van der Waals surface area (Å²) in [5.41, 5.74) is 3.45. The first-order chi connectivity index (χ1) is 10.1. The fraction of sp³-hybridized carbons (Fsp3) is 0.211. The summed E-state index contributed by atoms with van der Waals surface area (Å²) in [4.78, 5) is 14.3. The lowest BCUT2D eigenvalue weighted by Gasteiger charge is -2.28. The van der Waals surface area contributed by atoms with Gasteiger partial charge in [-0.25, -0.2) is 0 Å². The van der Waals surface area contributed by atoms with Gasteiger partial charge in [-0.05, 0) is 17.7 Å². The first kappa shape index (κ1) is 14.9. The zero-order valence-corrected chi connectivity index (χ0v) is 12.5. The molecule has 0 spiro atoms. The highest BCUT2D eigenvalue weighted by Gasteiger charge is 2.23. The number of allylic oxidation sites excluding steroid dienone is 3. The molecular weight excluding hydrogens is 258 g/mol. The number of fused-ring (bicyclic) bond motifs is 1. The van der Waals surface area contributed by atoms with Gasteiger partial charge in [-0.2, -0.15) is 0 Å². The molecule has 0 unspecified atom stereocenters. The highest BCUT2D eigenvalue weighted by Crippen LogP contribution is 2.23. The Bertz CT molecular complexity index is 683. The van der Waals surface area contributed by atoms with Gasteiger partial charge in [0.15, 0.2) is 0 Å². The average molecular weight is 277 g/mol. The second-order valence-corrected chi connectivity index (χ2v) is 5.19. The predicted molar refractivity (Wildman–Crippen MR) is 86.1 cm³/mol. The van der Waals surface area contributed by atoms with Crippen LogP contribution in [0.5, 0.6) is 0 Å². The molecule has 0 saturated carbocycles. The monoisotopic (exact) mass is 277 g/mol. The van der Waals surface area contributed by atoms with E-state index in [-0.39, 0.29) is 11.8 Å². The van der Waals surface area contributed by atoms with E-state index in [1.54, 1.807) is 17.1 Å². The normalized spacial score (nSPS) is 17.2. The Balaban J connectivity index is 2.65. The molecule has 2 nitrogen and oxygen atoms in total. The number of amides is 1. The van der Waals surface area contributed by atoms with Gasteiger partial charge in [-0.3, -0.25) is 4.79 Å². The van der Waals surface area contributed by atoms with Crippen LogP contribution in [0.25, 0.3) is 0 Å². The van der Waals surface area contributed by atoms with Crippen LogP contribution in [0, 0.1) is 17.8 Å². The van der Waals surface area contributed by atoms with Gasteiger partial charge in [0.05, 0.1) is 12.2 Å². The number of carbonyl (C=O) groups is 1. The summed E-state index contributed by atoms with van der Waals surface area (Å²) in [6.07, 6.45) is 3.36. The van der Waals surface area contributed by atoms with Crippen molar-refractivity contribution in [1.29, 1.82) is 0 Å². The molecule has 0 atom stereocenters. The largest absolute Gasteiger partial charge is 0.306 e. The van der Waals surface area contributed by atoms with E-state index < -0.39 is 0 Å². The number of nitrogens with zero attached hydrogens (tertiary/aromatic N) is 1. The summed E-state index contributed by atoms with van der Waals surface area (Å²) in [6.45, 7) is 11.9. The molecule has 2 heteroatoms. The fourth-order valence-corrected chi connectivity index (χ4v) is 2.26. The van der Waals surface area contributed by atoms with E-state index in [0.717, 1.165) is 22.4 Å². The molecule has 21 heavy (non-hydrogen) atoms. The molecule has 0 aromatic heterocycles. The van der Waals surface area contributed by atoms with Crippen molar-refractivity contribution in [1.82, 2.24) is 4.90 Å². The SMILES string of the molecule is C=C/C1=C(\C=C)N(C(=O)C(C)C)Cc2ccccc2C#C1. The molecule has 0 radical (unpaired) electrons. The lowest BCUT2D eigenvalue weighted by molar-refractivity contribution is -0.132. The van der Waals surface area contributed by atoms with Gasteiger partial charge >= 0.3 is 0 Å². The minimum absolute atomic E-state index is 0.0581. The van der Waals surface area contributed by atoms with Crippen molar-refractivity contribution in [2.45, 2.75) is 20.4 Å². The molecule has 1 amide bonds. The van der Waals surface area contributed by atoms with Crippen molar-refractivity contribution >= 4 is 5.91 Å². The van der Waals surface area contributed by atoms with E-state index in [9.17, 15) is 4.79 Å². The first-order valence-electron chi connectivity index (χ1n) is 6.99. The molecule has 106 valence electrons. The van der Waals surface area contributed by atoms with E-state index in [1.807, 2.05) is 38.1 Å². The molecule has 1 aliphatic rings. The van der Waals surface area contributed by atoms with Gasteiger partial charge in [-0.15, -0.1) is 0 Å². The van der Waals surface area contributed by atoms with Crippen molar-refractivity contribution < 1.29 is 4.79 Å². The maximum Gasteiger partial charge on any atom is 0.229 e. The minimum atomic E-state index is -0.0921. The second kappa shape index (κ2) is 6.28. The summed E-state index contributed by atoms with van der Waals surface area (Å²) >= 11 is 0. The van der Waals surface area contributed by atoms with Gasteiger partial charge in [-0.1, -0.05) is 63.1 Å².